The molecule has 1 fully saturated rings. The predicted octanol–water partition coefficient (Wildman–Crippen LogP) is 1.55. The molecule has 2 aromatic rings. The van der Waals surface area contributed by atoms with Crippen LogP contribution in [0, 0.1) is 0 Å². The molecule has 19 heavy (non-hydrogen) atoms. The maximum atomic E-state index is 11.7. The Hall–Kier alpha value is -2.24. The molecule has 0 aromatic carbocycles. The Morgan fingerprint density at radius 2 is 2.21 bits per heavy atom. The van der Waals surface area contributed by atoms with Crippen molar-refractivity contribution in [3.05, 3.63) is 30.4 Å². The zero-order valence-electron chi connectivity index (χ0n) is 10.7. The molecular formula is C13H15N5O. The Bertz CT molecular complexity index is 580. The summed E-state index contributed by atoms with van der Waals surface area (Å²) in [5, 5.41) is 6.85. The fourth-order valence-corrected chi connectivity index (χ4v) is 2.62. The van der Waals surface area contributed by atoms with E-state index in [9.17, 15) is 4.79 Å². The molecule has 6 nitrogen and oxygen atoms in total. The molecule has 0 spiro atoms. The van der Waals surface area contributed by atoms with Crippen LogP contribution in [0.2, 0.25) is 0 Å². The molecule has 0 saturated carbocycles. The molecule has 1 aliphatic rings. The zero-order valence-corrected chi connectivity index (χ0v) is 10.7. The highest BCUT2D eigenvalue weighted by atomic mass is 16.2. The van der Waals surface area contributed by atoms with Crippen LogP contribution < -0.4 is 0 Å². The summed E-state index contributed by atoms with van der Waals surface area (Å²) >= 11 is 0. The van der Waals surface area contributed by atoms with Gasteiger partial charge in [-0.1, -0.05) is 0 Å². The lowest BCUT2D eigenvalue weighted by molar-refractivity contribution is -0.129. The summed E-state index contributed by atoms with van der Waals surface area (Å²) in [7, 11) is 0. The summed E-state index contributed by atoms with van der Waals surface area (Å²) in [6.07, 6.45) is 6.95. The van der Waals surface area contributed by atoms with Gasteiger partial charge in [-0.15, -0.1) is 0 Å². The number of likely N-dealkylation sites (tertiary alicyclic amines) is 1. The van der Waals surface area contributed by atoms with Gasteiger partial charge in [0.2, 0.25) is 5.91 Å². The first-order valence-electron chi connectivity index (χ1n) is 6.35. The first kappa shape index (κ1) is 11.8. The molecule has 1 amide bonds. The number of hydrogen-bond acceptors (Lipinski definition) is 4. The van der Waals surface area contributed by atoms with Crippen molar-refractivity contribution >= 4 is 5.91 Å². The van der Waals surface area contributed by atoms with Gasteiger partial charge in [-0.05, 0) is 18.9 Å². The number of nitrogens with one attached hydrogen (secondary N) is 1. The second kappa shape index (κ2) is 4.79. The van der Waals surface area contributed by atoms with Gasteiger partial charge in [0.15, 0.2) is 0 Å². The summed E-state index contributed by atoms with van der Waals surface area (Å²) < 4.78 is 0. The lowest BCUT2D eigenvalue weighted by Gasteiger charge is -2.23. The maximum absolute atomic E-state index is 11.7. The highest BCUT2D eigenvalue weighted by Gasteiger charge is 2.31. The van der Waals surface area contributed by atoms with Gasteiger partial charge in [0.25, 0.3) is 0 Å². The number of aromatic amines is 1. The standard InChI is InChI=1S/C13H15N5O/c1-9(19)18-8-2-3-11(18)13-12(14-6-7-15-13)10-4-5-16-17-10/h4-7,11H,2-3,8H2,1H3,(H,16,17)/t11-/m1/s1. The van der Waals surface area contributed by atoms with Gasteiger partial charge < -0.3 is 4.90 Å². The Kier molecular flexibility index (Phi) is 2.98. The van der Waals surface area contributed by atoms with Crippen molar-refractivity contribution in [1.29, 1.82) is 0 Å². The van der Waals surface area contributed by atoms with Crippen molar-refractivity contribution in [3.8, 4) is 11.4 Å². The Labute approximate surface area is 110 Å². The molecule has 2 aromatic heterocycles. The van der Waals surface area contributed by atoms with Gasteiger partial charge in [0, 0.05) is 32.1 Å². The fraction of sp³-hybridized carbons (Fsp3) is 0.385. The van der Waals surface area contributed by atoms with Crippen molar-refractivity contribution in [2.24, 2.45) is 0 Å². The van der Waals surface area contributed by atoms with Crippen LogP contribution in [0.4, 0.5) is 0 Å². The number of carbonyl (C=O) groups excluding carboxylic acids is 1. The van der Waals surface area contributed by atoms with Crippen LogP contribution >= 0.6 is 0 Å². The zero-order chi connectivity index (χ0) is 13.2. The average molecular weight is 257 g/mol. The number of amides is 1. The molecular weight excluding hydrogens is 242 g/mol. The Balaban J connectivity index is 2.03. The van der Waals surface area contributed by atoms with Gasteiger partial charge in [-0.2, -0.15) is 5.10 Å². The molecule has 0 radical (unpaired) electrons. The van der Waals surface area contributed by atoms with E-state index in [0.29, 0.717) is 0 Å². The third-order valence-corrected chi connectivity index (χ3v) is 3.46. The fourth-order valence-electron chi connectivity index (χ4n) is 2.62. The van der Waals surface area contributed by atoms with E-state index >= 15 is 0 Å². The van der Waals surface area contributed by atoms with Gasteiger partial charge in [-0.25, -0.2) is 0 Å². The van der Waals surface area contributed by atoms with E-state index in [2.05, 4.69) is 20.2 Å². The third-order valence-electron chi connectivity index (χ3n) is 3.46. The van der Waals surface area contributed by atoms with E-state index in [-0.39, 0.29) is 11.9 Å². The van der Waals surface area contributed by atoms with Gasteiger partial charge >= 0.3 is 0 Å². The summed E-state index contributed by atoms with van der Waals surface area (Å²) in [6, 6.07) is 1.88. The number of rotatable bonds is 2. The van der Waals surface area contributed by atoms with Crippen LogP contribution in [-0.4, -0.2) is 37.5 Å². The molecule has 1 saturated heterocycles. The second-order valence-electron chi connectivity index (χ2n) is 4.63. The van der Waals surface area contributed by atoms with E-state index < -0.39 is 0 Å². The number of aromatic nitrogens is 4. The smallest absolute Gasteiger partial charge is 0.220 e. The van der Waals surface area contributed by atoms with Crippen molar-refractivity contribution in [1.82, 2.24) is 25.1 Å². The van der Waals surface area contributed by atoms with Crippen LogP contribution in [0.1, 0.15) is 31.5 Å². The molecule has 0 aliphatic carbocycles. The van der Waals surface area contributed by atoms with E-state index in [0.717, 1.165) is 36.5 Å². The third kappa shape index (κ3) is 2.09. The Morgan fingerprint density at radius 3 is 2.95 bits per heavy atom. The highest BCUT2D eigenvalue weighted by Crippen LogP contribution is 2.34. The second-order valence-corrected chi connectivity index (χ2v) is 4.63. The van der Waals surface area contributed by atoms with Crippen LogP contribution in [0.5, 0.6) is 0 Å². The maximum Gasteiger partial charge on any atom is 0.220 e. The van der Waals surface area contributed by atoms with Crippen LogP contribution in [-0.2, 0) is 4.79 Å². The molecule has 0 unspecified atom stereocenters. The highest BCUT2D eigenvalue weighted by molar-refractivity contribution is 5.74. The summed E-state index contributed by atoms with van der Waals surface area (Å²) in [5.41, 5.74) is 2.45. The SMILES string of the molecule is CC(=O)N1CCC[C@@H]1c1nccnc1-c1ccn[nH]1. The minimum absolute atomic E-state index is 0.0181. The van der Waals surface area contributed by atoms with Crippen molar-refractivity contribution in [2.75, 3.05) is 6.54 Å². The lowest BCUT2D eigenvalue weighted by atomic mass is 10.1. The first-order chi connectivity index (χ1) is 9.27. The van der Waals surface area contributed by atoms with Crippen molar-refractivity contribution in [2.45, 2.75) is 25.8 Å². The van der Waals surface area contributed by atoms with Crippen molar-refractivity contribution in [3.63, 3.8) is 0 Å². The van der Waals surface area contributed by atoms with Crippen LogP contribution in [0.25, 0.3) is 11.4 Å². The number of carbonyl (C=O) groups is 1. The minimum Gasteiger partial charge on any atom is -0.334 e. The number of H-pyrrole nitrogens is 1. The van der Waals surface area contributed by atoms with Gasteiger partial charge in [0.05, 0.1) is 17.4 Å². The normalized spacial score (nSPS) is 18.8. The molecule has 1 N–H and O–H groups in total. The minimum atomic E-state index is 0.0181. The van der Waals surface area contributed by atoms with E-state index in [1.807, 2.05) is 11.0 Å². The number of hydrogen-bond donors (Lipinski definition) is 1. The Morgan fingerprint density at radius 1 is 1.37 bits per heavy atom. The summed E-state index contributed by atoms with van der Waals surface area (Å²) in [6.45, 7) is 2.39. The summed E-state index contributed by atoms with van der Waals surface area (Å²) in [4.78, 5) is 22.4. The molecule has 6 heteroatoms. The molecule has 3 rings (SSSR count). The summed E-state index contributed by atoms with van der Waals surface area (Å²) in [5.74, 6) is 0.0868. The monoisotopic (exact) mass is 257 g/mol. The lowest BCUT2D eigenvalue weighted by Crippen LogP contribution is -2.29. The predicted molar refractivity (Wildman–Crippen MR) is 69.0 cm³/mol. The number of nitrogens with zero attached hydrogens (tertiary/aromatic N) is 4. The van der Waals surface area contributed by atoms with E-state index in [4.69, 9.17) is 0 Å². The first-order valence-corrected chi connectivity index (χ1v) is 6.35. The largest absolute Gasteiger partial charge is 0.334 e. The topological polar surface area (TPSA) is 74.8 Å². The van der Waals surface area contributed by atoms with E-state index in [1.165, 1.54) is 0 Å². The van der Waals surface area contributed by atoms with Crippen LogP contribution in [0.15, 0.2) is 24.7 Å². The molecule has 98 valence electrons. The van der Waals surface area contributed by atoms with Crippen LogP contribution in [0.3, 0.4) is 0 Å². The van der Waals surface area contributed by atoms with Gasteiger partial charge in [0.1, 0.15) is 5.69 Å². The quantitative estimate of drug-likeness (QED) is 0.885. The van der Waals surface area contributed by atoms with Crippen molar-refractivity contribution < 1.29 is 4.79 Å². The molecule has 1 aliphatic heterocycles. The van der Waals surface area contributed by atoms with Gasteiger partial charge in [-0.3, -0.25) is 19.9 Å². The molecule has 0 bridgehead atoms. The molecule has 3 heterocycles. The molecule has 1 atom stereocenters. The average Bonchev–Trinajstić information content (AvgIpc) is 3.10. The van der Waals surface area contributed by atoms with E-state index in [1.54, 1.807) is 25.5 Å².